The van der Waals surface area contributed by atoms with Gasteiger partial charge in [0.25, 0.3) is 11.8 Å². The molecule has 1 saturated heterocycles. The molecule has 178 valence electrons. The summed E-state index contributed by atoms with van der Waals surface area (Å²) >= 11 is 6.70. The average Bonchev–Trinajstić information content (AvgIpc) is 3.10. The summed E-state index contributed by atoms with van der Waals surface area (Å²) in [6, 6.07) is 14.7. The van der Waals surface area contributed by atoms with Gasteiger partial charge in [-0.15, -0.1) is 0 Å². The highest BCUT2D eigenvalue weighted by Crippen LogP contribution is 2.32. The molecule has 0 unspecified atom stereocenters. The minimum absolute atomic E-state index is 0.0765. The van der Waals surface area contributed by atoms with E-state index < -0.39 is 5.91 Å². The maximum Gasteiger partial charge on any atom is 0.273 e. The van der Waals surface area contributed by atoms with E-state index in [1.165, 1.54) is 18.9 Å². The van der Waals surface area contributed by atoms with E-state index in [9.17, 15) is 14.4 Å². The Balaban J connectivity index is 1.37. The zero-order valence-electron chi connectivity index (χ0n) is 19.1. The molecule has 34 heavy (non-hydrogen) atoms. The Morgan fingerprint density at radius 2 is 1.79 bits per heavy atom. The largest absolute Gasteiger partial charge is 0.496 e. The molecule has 3 rings (SSSR count). The Morgan fingerprint density at radius 1 is 1.06 bits per heavy atom. The number of para-hydroxylation sites is 1. The molecule has 9 heteroatoms. The van der Waals surface area contributed by atoms with Gasteiger partial charge in [-0.25, -0.2) is 0 Å². The highest BCUT2D eigenvalue weighted by Gasteiger charge is 2.31. The molecule has 0 saturated carbocycles. The number of rotatable bonds is 9. The Kier molecular flexibility index (Phi) is 9.24. The number of ether oxygens (including phenoxy) is 1. The van der Waals surface area contributed by atoms with Crippen LogP contribution in [0.15, 0.2) is 53.4 Å². The molecule has 0 spiro atoms. The number of hydrogen-bond acceptors (Lipinski definition) is 6. The maximum absolute atomic E-state index is 12.7. The van der Waals surface area contributed by atoms with E-state index in [1.807, 2.05) is 37.3 Å². The van der Waals surface area contributed by atoms with Crippen molar-refractivity contribution >= 4 is 52.1 Å². The molecule has 0 bridgehead atoms. The number of methoxy groups -OCH3 is 1. The van der Waals surface area contributed by atoms with E-state index in [0.29, 0.717) is 33.5 Å². The molecule has 0 atom stereocenters. The van der Waals surface area contributed by atoms with Gasteiger partial charge in [0.2, 0.25) is 5.91 Å². The van der Waals surface area contributed by atoms with Crippen LogP contribution in [0, 0.1) is 6.92 Å². The second-order valence-corrected chi connectivity index (χ2v) is 9.43. The van der Waals surface area contributed by atoms with Crippen LogP contribution in [0.1, 0.15) is 47.2 Å². The van der Waals surface area contributed by atoms with Crippen molar-refractivity contribution in [3.63, 3.8) is 0 Å². The number of carbonyl (C=O) groups excluding carboxylic acids is 3. The van der Waals surface area contributed by atoms with Gasteiger partial charge in [0, 0.05) is 13.0 Å². The highest BCUT2D eigenvalue weighted by molar-refractivity contribution is 8.26. The molecule has 0 radical (unpaired) electrons. The molecule has 0 aliphatic carbocycles. The first-order valence-corrected chi connectivity index (χ1v) is 12.2. The lowest BCUT2D eigenvalue weighted by Gasteiger charge is -2.14. The predicted octanol–water partition coefficient (Wildman–Crippen LogP) is 4.23. The standard InChI is InChI=1S/C25H27N3O4S2/c1-17-11-13-18(14-12-17)16-21-24(31)28(25(33)34-21)15-7-3-4-10-22(29)26-27-23(30)19-8-5-6-9-20(19)32-2/h5-6,8-9,11-14,16H,3-4,7,10,15H2,1-2H3,(H,26,29)(H,27,30). The molecule has 7 nitrogen and oxygen atoms in total. The molecular weight excluding hydrogens is 470 g/mol. The molecule has 2 aromatic rings. The molecular formula is C25H27N3O4S2. The van der Waals surface area contributed by atoms with Gasteiger partial charge in [0.15, 0.2) is 0 Å². The third kappa shape index (κ3) is 6.91. The summed E-state index contributed by atoms with van der Waals surface area (Å²) in [4.78, 5) is 39.2. The van der Waals surface area contributed by atoms with E-state index in [4.69, 9.17) is 17.0 Å². The van der Waals surface area contributed by atoms with Crippen LogP contribution in [-0.4, -0.2) is 40.6 Å². The van der Waals surface area contributed by atoms with Crippen LogP contribution in [0.2, 0.25) is 0 Å². The summed E-state index contributed by atoms with van der Waals surface area (Å²) in [5.41, 5.74) is 7.29. The first-order chi connectivity index (χ1) is 16.4. The van der Waals surface area contributed by atoms with E-state index >= 15 is 0 Å². The van der Waals surface area contributed by atoms with Gasteiger partial charge in [-0.1, -0.05) is 72.4 Å². The van der Waals surface area contributed by atoms with Crippen molar-refractivity contribution in [3.05, 3.63) is 70.1 Å². The number of carbonyl (C=O) groups is 3. The number of nitrogens with one attached hydrogen (secondary N) is 2. The summed E-state index contributed by atoms with van der Waals surface area (Å²) < 4.78 is 5.70. The Morgan fingerprint density at radius 3 is 2.53 bits per heavy atom. The van der Waals surface area contributed by atoms with Crippen LogP contribution >= 0.6 is 24.0 Å². The van der Waals surface area contributed by atoms with E-state index in [0.717, 1.165) is 24.0 Å². The zero-order chi connectivity index (χ0) is 24.5. The van der Waals surface area contributed by atoms with Gasteiger partial charge in [-0.05, 0) is 43.5 Å². The topological polar surface area (TPSA) is 87.7 Å². The van der Waals surface area contributed by atoms with Crippen molar-refractivity contribution in [1.82, 2.24) is 15.8 Å². The summed E-state index contributed by atoms with van der Waals surface area (Å²) in [5.74, 6) is -0.375. The third-order valence-electron chi connectivity index (χ3n) is 5.20. The lowest BCUT2D eigenvalue weighted by Crippen LogP contribution is -2.41. The minimum Gasteiger partial charge on any atom is -0.496 e. The summed E-state index contributed by atoms with van der Waals surface area (Å²) in [6.07, 6.45) is 4.23. The maximum atomic E-state index is 12.7. The Hall–Kier alpha value is -3.17. The van der Waals surface area contributed by atoms with Crippen molar-refractivity contribution in [2.75, 3.05) is 13.7 Å². The molecule has 0 aromatic heterocycles. The number of hydrazine groups is 1. The van der Waals surface area contributed by atoms with E-state index in [1.54, 1.807) is 29.2 Å². The molecule has 3 amide bonds. The molecule has 1 fully saturated rings. The van der Waals surface area contributed by atoms with Crippen LogP contribution in [0.4, 0.5) is 0 Å². The van der Waals surface area contributed by atoms with Gasteiger partial charge in [-0.3, -0.25) is 30.1 Å². The third-order valence-corrected chi connectivity index (χ3v) is 6.58. The molecule has 1 aliphatic rings. The van der Waals surface area contributed by atoms with Crippen LogP contribution in [0.25, 0.3) is 6.08 Å². The van der Waals surface area contributed by atoms with Crippen molar-refractivity contribution in [2.45, 2.75) is 32.6 Å². The lowest BCUT2D eigenvalue weighted by molar-refractivity contribution is -0.123. The van der Waals surface area contributed by atoms with Crippen molar-refractivity contribution in [2.24, 2.45) is 0 Å². The Labute approximate surface area is 208 Å². The minimum atomic E-state index is -0.446. The predicted molar refractivity (Wildman–Crippen MR) is 138 cm³/mol. The number of hydrogen-bond donors (Lipinski definition) is 2. The zero-order valence-corrected chi connectivity index (χ0v) is 20.8. The molecule has 1 aliphatic heterocycles. The number of aryl methyl sites for hydroxylation is 1. The highest BCUT2D eigenvalue weighted by atomic mass is 32.2. The monoisotopic (exact) mass is 497 g/mol. The van der Waals surface area contributed by atoms with Gasteiger partial charge in [0.1, 0.15) is 10.1 Å². The molecule has 2 N–H and O–H groups in total. The van der Waals surface area contributed by atoms with Crippen LogP contribution in [0.5, 0.6) is 5.75 Å². The van der Waals surface area contributed by atoms with Gasteiger partial charge in [-0.2, -0.15) is 0 Å². The SMILES string of the molecule is COc1ccccc1C(=O)NNC(=O)CCCCCN1C(=O)C(=Cc2ccc(C)cc2)SC1=S. The van der Waals surface area contributed by atoms with Crippen molar-refractivity contribution < 1.29 is 19.1 Å². The summed E-state index contributed by atoms with van der Waals surface area (Å²) in [6.45, 7) is 2.53. The molecule has 1 heterocycles. The fraction of sp³-hybridized carbons (Fsp3) is 0.280. The number of unbranched alkanes of at least 4 members (excludes halogenated alkanes) is 2. The lowest BCUT2D eigenvalue weighted by atomic mass is 10.1. The fourth-order valence-corrected chi connectivity index (χ4v) is 4.64. The summed E-state index contributed by atoms with van der Waals surface area (Å²) in [7, 11) is 1.48. The quantitative estimate of drug-likeness (QED) is 0.233. The van der Waals surface area contributed by atoms with Gasteiger partial charge in [0.05, 0.1) is 17.6 Å². The molecule has 2 aromatic carbocycles. The van der Waals surface area contributed by atoms with Crippen molar-refractivity contribution in [3.8, 4) is 5.75 Å². The van der Waals surface area contributed by atoms with Gasteiger partial charge >= 0.3 is 0 Å². The average molecular weight is 498 g/mol. The van der Waals surface area contributed by atoms with Crippen molar-refractivity contribution in [1.29, 1.82) is 0 Å². The number of benzene rings is 2. The number of thiocarbonyl (C=S) groups is 1. The fourth-order valence-electron chi connectivity index (χ4n) is 3.33. The normalized spacial score (nSPS) is 14.4. The van der Waals surface area contributed by atoms with E-state index in [-0.39, 0.29) is 18.2 Å². The second kappa shape index (κ2) is 12.3. The number of amides is 3. The van der Waals surface area contributed by atoms with E-state index in [2.05, 4.69) is 10.9 Å². The van der Waals surface area contributed by atoms with Gasteiger partial charge < -0.3 is 4.74 Å². The summed E-state index contributed by atoms with van der Waals surface area (Å²) in [5, 5.41) is 0. The first-order valence-electron chi connectivity index (χ1n) is 10.9. The smallest absolute Gasteiger partial charge is 0.273 e. The first kappa shape index (κ1) is 25.5. The van der Waals surface area contributed by atoms with Crippen LogP contribution < -0.4 is 15.6 Å². The number of thioether (sulfide) groups is 1. The van der Waals surface area contributed by atoms with Crippen LogP contribution in [0.3, 0.4) is 0 Å². The number of nitrogens with zero attached hydrogens (tertiary/aromatic N) is 1. The second-order valence-electron chi connectivity index (χ2n) is 7.76. The van der Waals surface area contributed by atoms with Crippen LogP contribution in [-0.2, 0) is 9.59 Å². The Bertz CT molecular complexity index is 1100.